The topological polar surface area (TPSA) is 194 Å². The van der Waals surface area contributed by atoms with E-state index in [2.05, 4.69) is 16.0 Å². The number of rotatable bonds is 14. The fourth-order valence-corrected chi connectivity index (χ4v) is 3.00. The summed E-state index contributed by atoms with van der Waals surface area (Å²) in [5.41, 5.74) is 11.0. The Bertz CT molecular complexity index is 658. The van der Waals surface area contributed by atoms with Crippen molar-refractivity contribution in [1.82, 2.24) is 16.0 Å². The lowest BCUT2D eigenvalue weighted by Gasteiger charge is -2.26. The number of aliphatic carboxylic acids is 1. The molecule has 0 heterocycles. The molecule has 12 heteroatoms. The molecule has 0 spiro atoms. The molecule has 0 radical (unpaired) electrons. The summed E-state index contributed by atoms with van der Waals surface area (Å²) in [5.74, 6) is -4.23. The van der Waals surface area contributed by atoms with E-state index in [4.69, 9.17) is 11.5 Å². The van der Waals surface area contributed by atoms with E-state index in [1.54, 1.807) is 27.7 Å². The maximum atomic E-state index is 12.8. The van der Waals surface area contributed by atoms with Crippen LogP contribution in [0, 0.1) is 11.8 Å². The summed E-state index contributed by atoms with van der Waals surface area (Å²) in [5, 5.41) is 16.6. The molecule has 0 bridgehead atoms. The number of thioether (sulfide) groups is 1. The molecular formula is C19H35N5O6S. The Morgan fingerprint density at radius 1 is 0.871 bits per heavy atom. The third-order valence-corrected chi connectivity index (χ3v) is 5.18. The minimum Gasteiger partial charge on any atom is -0.480 e. The Labute approximate surface area is 186 Å². The molecule has 11 nitrogen and oxygen atoms in total. The smallest absolute Gasteiger partial charge is 0.326 e. The summed E-state index contributed by atoms with van der Waals surface area (Å²) >= 11 is 1.46. The van der Waals surface area contributed by atoms with E-state index in [-0.39, 0.29) is 12.3 Å². The summed E-state index contributed by atoms with van der Waals surface area (Å²) in [6, 6.07) is -4.42. The van der Waals surface area contributed by atoms with Crippen molar-refractivity contribution in [1.29, 1.82) is 0 Å². The van der Waals surface area contributed by atoms with Crippen molar-refractivity contribution < 1.29 is 29.1 Å². The van der Waals surface area contributed by atoms with Gasteiger partial charge in [-0.15, -0.1) is 0 Å². The van der Waals surface area contributed by atoms with E-state index in [1.807, 2.05) is 6.26 Å². The first-order valence-corrected chi connectivity index (χ1v) is 11.4. The average Bonchev–Trinajstić information content (AvgIpc) is 2.66. The van der Waals surface area contributed by atoms with E-state index in [0.29, 0.717) is 5.75 Å². The number of carbonyl (C=O) groups is 5. The van der Waals surface area contributed by atoms with Gasteiger partial charge >= 0.3 is 5.97 Å². The van der Waals surface area contributed by atoms with Crippen LogP contribution in [0.2, 0.25) is 0 Å². The van der Waals surface area contributed by atoms with Crippen molar-refractivity contribution in [2.75, 3.05) is 12.0 Å². The van der Waals surface area contributed by atoms with E-state index in [0.717, 1.165) is 0 Å². The Morgan fingerprint density at radius 2 is 1.39 bits per heavy atom. The van der Waals surface area contributed by atoms with Crippen molar-refractivity contribution in [3.63, 3.8) is 0 Å². The molecule has 31 heavy (non-hydrogen) atoms. The van der Waals surface area contributed by atoms with Gasteiger partial charge in [0.1, 0.15) is 18.1 Å². The van der Waals surface area contributed by atoms with Crippen LogP contribution in [0.1, 0.15) is 40.5 Å². The zero-order chi connectivity index (χ0) is 24.3. The van der Waals surface area contributed by atoms with E-state index in [1.165, 1.54) is 11.8 Å². The SMILES string of the molecule is CSCC[C@H](NC(=O)[C@@H](N)C(C)C)C(=O)N[C@@H](CC(N)=O)C(=O)N[C@H](C(=O)O)C(C)C. The number of hydrogen-bond acceptors (Lipinski definition) is 7. The Balaban J connectivity index is 5.48. The summed E-state index contributed by atoms with van der Waals surface area (Å²) in [7, 11) is 0. The first-order valence-electron chi connectivity index (χ1n) is 9.98. The molecule has 0 aliphatic rings. The van der Waals surface area contributed by atoms with E-state index in [9.17, 15) is 29.1 Å². The molecule has 0 saturated heterocycles. The molecule has 0 aromatic heterocycles. The first kappa shape index (κ1) is 28.7. The number of carboxylic acid groups (broad SMARTS) is 1. The first-order chi connectivity index (χ1) is 14.3. The lowest BCUT2D eigenvalue weighted by atomic mass is 10.0. The second kappa shape index (κ2) is 13.9. The van der Waals surface area contributed by atoms with E-state index >= 15 is 0 Å². The maximum absolute atomic E-state index is 12.8. The standard InChI is InChI=1S/C19H35N5O6S/c1-9(2)14(21)18(28)22-11(6-7-31-5)16(26)23-12(8-13(20)25)17(27)24-15(10(3)4)19(29)30/h9-12,14-15H,6-8,21H2,1-5H3,(H2,20,25)(H,22,28)(H,23,26)(H,24,27)(H,29,30)/t11-,12-,14-,15-/m0/s1. The Morgan fingerprint density at radius 3 is 1.81 bits per heavy atom. The second-order valence-corrected chi connectivity index (χ2v) is 8.90. The van der Waals surface area contributed by atoms with Crippen molar-refractivity contribution in [3.8, 4) is 0 Å². The van der Waals surface area contributed by atoms with E-state index < -0.39 is 66.1 Å². The highest BCUT2D eigenvalue weighted by atomic mass is 32.2. The van der Waals surface area contributed by atoms with Gasteiger partial charge in [0.15, 0.2) is 0 Å². The molecule has 0 fully saturated rings. The highest BCUT2D eigenvalue weighted by Crippen LogP contribution is 2.07. The van der Waals surface area contributed by atoms with Gasteiger partial charge in [-0.05, 0) is 30.3 Å². The minimum absolute atomic E-state index is 0.151. The zero-order valence-corrected chi connectivity index (χ0v) is 19.5. The summed E-state index contributed by atoms with van der Waals surface area (Å²) in [4.78, 5) is 60.5. The van der Waals surface area contributed by atoms with Gasteiger partial charge in [-0.2, -0.15) is 11.8 Å². The number of nitrogens with two attached hydrogens (primary N) is 2. The number of hydrogen-bond donors (Lipinski definition) is 6. The Kier molecular flexibility index (Phi) is 12.8. The second-order valence-electron chi connectivity index (χ2n) is 7.91. The van der Waals surface area contributed by atoms with Crippen LogP contribution in [0.15, 0.2) is 0 Å². The average molecular weight is 462 g/mol. The molecule has 4 atom stereocenters. The summed E-state index contributed by atoms with van der Waals surface area (Å²) in [6.07, 6.45) is 1.56. The third-order valence-electron chi connectivity index (χ3n) is 4.53. The van der Waals surface area contributed by atoms with Crippen molar-refractivity contribution >= 4 is 41.4 Å². The molecule has 0 aliphatic heterocycles. The van der Waals surface area contributed by atoms with Crippen LogP contribution in [0.4, 0.5) is 0 Å². The van der Waals surface area contributed by atoms with Gasteiger partial charge in [-0.1, -0.05) is 27.7 Å². The fourth-order valence-electron chi connectivity index (χ4n) is 2.53. The van der Waals surface area contributed by atoms with Crippen molar-refractivity contribution in [3.05, 3.63) is 0 Å². The lowest BCUT2D eigenvalue weighted by Crippen LogP contribution is -2.58. The van der Waals surface area contributed by atoms with Gasteiger partial charge in [-0.3, -0.25) is 19.2 Å². The molecule has 0 aliphatic carbocycles. The molecule has 4 amide bonds. The highest BCUT2D eigenvalue weighted by Gasteiger charge is 2.32. The minimum atomic E-state index is -1.39. The maximum Gasteiger partial charge on any atom is 0.326 e. The third kappa shape index (κ3) is 10.5. The van der Waals surface area contributed by atoms with Crippen LogP contribution in [-0.2, 0) is 24.0 Å². The van der Waals surface area contributed by atoms with Crippen LogP contribution in [-0.4, -0.2) is 70.9 Å². The fraction of sp³-hybridized carbons (Fsp3) is 0.737. The molecule has 178 valence electrons. The molecule has 0 rings (SSSR count). The molecule has 0 aromatic carbocycles. The molecule has 8 N–H and O–H groups in total. The number of carbonyl (C=O) groups excluding carboxylic acids is 4. The van der Waals surface area contributed by atoms with Crippen molar-refractivity contribution in [2.45, 2.75) is 64.7 Å². The van der Waals surface area contributed by atoms with Crippen LogP contribution >= 0.6 is 11.8 Å². The molecule has 0 unspecified atom stereocenters. The zero-order valence-electron chi connectivity index (χ0n) is 18.6. The van der Waals surface area contributed by atoms with Gasteiger partial charge in [0.05, 0.1) is 12.5 Å². The normalized spacial score (nSPS) is 15.0. The number of primary amides is 1. The monoisotopic (exact) mass is 461 g/mol. The van der Waals surface area contributed by atoms with Gasteiger partial charge < -0.3 is 32.5 Å². The van der Waals surface area contributed by atoms with Crippen molar-refractivity contribution in [2.24, 2.45) is 23.3 Å². The predicted molar refractivity (Wildman–Crippen MR) is 118 cm³/mol. The summed E-state index contributed by atoms with van der Waals surface area (Å²) < 4.78 is 0. The number of nitrogens with one attached hydrogen (secondary N) is 3. The largest absolute Gasteiger partial charge is 0.480 e. The van der Waals surface area contributed by atoms with Gasteiger partial charge in [0.25, 0.3) is 0 Å². The van der Waals surface area contributed by atoms with Crippen LogP contribution in [0.5, 0.6) is 0 Å². The van der Waals surface area contributed by atoms with Crippen LogP contribution < -0.4 is 27.4 Å². The lowest BCUT2D eigenvalue weighted by molar-refractivity contribution is -0.143. The van der Waals surface area contributed by atoms with Crippen LogP contribution in [0.3, 0.4) is 0 Å². The summed E-state index contributed by atoms with van der Waals surface area (Å²) in [6.45, 7) is 6.74. The molecule has 0 saturated carbocycles. The van der Waals surface area contributed by atoms with Crippen LogP contribution in [0.25, 0.3) is 0 Å². The number of amides is 4. The van der Waals surface area contributed by atoms with Gasteiger partial charge in [0.2, 0.25) is 23.6 Å². The quantitative estimate of drug-likeness (QED) is 0.185. The highest BCUT2D eigenvalue weighted by molar-refractivity contribution is 7.98. The number of carboxylic acids is 1. The Hall–Kier alpha value is -2.34. The molecular weight excluding hydrogens is 426 g/mol. The predicted octanol–water partition coefficient (Wildman–Crippen LogP) is -1.21. The van der Waals surface area contributed by atoms with Gasteiger partial charge in [-0.25, -0.2) is 4.79 Å². The van der Waals surface area contributed by atoms with Gasteiger partial charge in [0, 0.05) is 0 Å². The molecule has 0 aromatic rings.